The van der Waals surface area contributed by atoms with E-state index in [0.29, 0.717) is 5.56 Å². The topological polar surface area (TPSA) is 86.0 Å². The van der Waals surface area contributed by atoms with Crippen molar-refractivity contribution in [3.05, 3.63) is 87.6 Å². The van der Waals surface area contributed by atoms with Crippen molar-refractivity contribution in [2.24, 2.45) is 7.05 Å². The fraction of sp³-hybridized carbons (Fsp3) is 0.200. The van der Waals surface area contributed by atoms with Gasteiger partial charge in [0.15, 0.2) is 5.78 Å². The van der Waals surface area contributed by atoms with E-state index in [-0.39, 0.29) is 24.3 Å². The molecule has 27 heavy (non-hydrogen) atoms. The van der Waals surface area contributed by atoms with Crippen LogP contribution in [0.15, 0.2) is 59.8 Å². The molecule has 1 N–H and O–H groups in total. The molecule has 0 aliphatic carbocycles. The highest BCUT2D eigenvalue weighted by Gasteiger charge is 2.17. The van der Waals surface area contributed by atoms with Gasteiger partial charge in [-0.3, -0.25) is 19.1 Å². The first-order valence-electron chi connectivity index (χ1n) is 8.49. The molecule has 0 unspecified atom stereocenters. The lowest BCUT2D eigenvalue weighted by molar-refractivity contribution is 0.0961. The number of ketones is 1. The minimum atomic E-state index is -0.516. The Morgan fingerprint density at radius 2 is 1.85 bits per heavy atom. The highest BCUT2D eigenvalue weighted by Crippen LogP contribution is 2.10. The molecular formula is C20H20N4O3. The van der Waals surface area contributed by atoms with E-state index in [1.807, 2.05) is 30.3 Å². The molecule has 0 spiro atoms. The number of aromatic nitrogens is 3. The lowest BCUT2D eigenvalue weighted by atomic mass is 10.0. The maximum atomic E-state index is 12.7. The largest absolute Gasteiger partial charge is 0.355 e. The van der Waals surface area contributed by atoms with Gasteiger partial charge in [0, 0.05) is 38.5 Å². The number of aryl methyl sites for hydroxylation is 1. The smallest absolute Gasteiger partial charge is 0.263 e. The van der Waals surface area contributed by atoms with Gasteiger partial charge in [-0.1, -0.05) is 30.3 Å². The van der Waals surface area contributed by atoms with Gasteiger partial charge in [-0.05, 0) is 17.2 Å². The number of nitrogens with zero attached hydrogens (tertiary/aromatic N) is 3. The summed E-state index contributed by atoms with van der Waals surface area (Å²) in [5.74, 6) is -0.701. The molecule has 3 aromatic rings. The second kappa shape index (κ2) is 7.82. The molecule has 0 aliphatic heterocycles. The fourth-order valence-electron chi connectivity index (χ4n) is 2.83. The predicted molar refractivity (Wildman–Crippen MR) is 101 cm³/mol. The minimum Gasteiger partial charge on any atom is -0.355 e. The molecule has 7 heteroatoms. The van der Waals surface area contributed by atoms with Crippen LogP contribution in [0.2, 0.25) is 0 Å². The van der Waals surface area contributed by atoms with E-state index in [1.54, 1.807) is 24.1 Å². The molecule has 1 amide bonds. The first-order valence-corrected chi connectivity index (χ1v) is 8.49. The van der Waals surface area contributed by atoms with Gasteiger partial charge in [-0.25, -0.2) is 0 Å². The number of amides is 1. The lowest BCUT2D eigenvalue weighted by Gasteiger charge is -2.11. The summed E-state index contributed by atoms with van der Waals surface area (Å²) < 4.78 is 3.02. The summed E-state index contributed by atoms with van der Waals surface area (Å²) in [5.41, 5.74) is 1.50. The highest BCUT2D eigenvalue weighted by molar-refractivity contribution is 6.00. The van der Waals surface area contributed by atoms with Crippen LogP contribution in [0.1, 0.15) is 31.8 Å². The van der Waals surface area contributed by atoms with Gasteiger partial charge in [0.05, 0.1) is 12.7 Å². The molecule has 0 bridgehead atoms. The fourth-order valence-corrected chi connectivity index (χ4v) is 2.83. The Hall–Kier alpha value is -3.48. The van der Waals surface area contributed by atoms with E-state index in [0.717, 1.165) is 11.1 Å². The molecule has 0 fully saturated rings. The number of pyridine rings is 1. The first-order chi connectivity index (χ1) is 13.0. The Morgan fingerprint density at radius 1 is 1.11 bits per heavy atom. The van der Waals surface area contributed by atoms with Crippen LogP contribution in [0, 0.1) is 0 Å². The monoisotopic (exact) mass is 364 g/mol. The number of nitrogens with one attached hydrogen (secondary N) is 1. The third kappa shape index (κ3) is 4.20. The number of hydrogen-bond donors (Lipinski definition) is 1. The number of rotatable bonds is 6. The normalized spacial score (nSPS) is 10.6. The van der Waals surface area contributed by atoms with Gasteiger partial charge >= 0.3 is 0 Å². The lowest BCUT2D eigenvalue weighted by Crippen LogP contribution is -2.32. The molecule has 0 saturated carbocycles. The SMILES string of the molecule is CNC(=O)c1cc(C(=O)Cc2cnn(C)c2)cn(Cc2ccccc2)c1=O. The average Bonchev–Trinajstić information content (AvgIpc) is 3.08. The van der Waals surface area contributed by atoms with Crippen LogP contribution >= 0.6 is 0 Å². The number of carbonyl (C=O) groups is 2. The molecule has 0 atom stereocenters. The highest BCUT2D eigenvalue weighted by atomic mass is 16.2. The second-order valence-corrected chi connectivity index (χ2v) is 6.26. The zero-order valence-electron chi connectivity index (χ0n) is 15.2. The zero-order chi connectivity index (χ0) is 19.4. The Balaban J connectivity index is 2.00. The number of Topliss-reactive ketones (excluding diaryl/α,β-unsaturated/α-hetero) is 1. The summed E-state index contributed by atoms with van der Waals surface area (Å²) >= 11 is 0. The Labute approximate surface area is 156 Å². The average molecular weight is 364 g/mol. The maximum Gasteiger partial charge on any atom is 0.263 e. The van der Waals surface area contributed by atoms with E-state index < -0.39 is 11.5 Å². The molecule has 0 aliphatic rings. The van der Waals surface area contributed by atoms with Crippen molar-refractivity contribution in [3.63, 3.8) is 0 Å². The molecular weight excluding hydrogens is 344 g/mol. The number of hydrogen-bond acceptors (Lipinski definition) is 4. The quantitative estimate of drug-likeness (QED) is 0.670. The van der Waals surface area contributed by atoms with Crippen LogP contribution in [0.5, 0.6) is 0 Å². The van der Waals surface area contributed by atoms with E-state index in [9.17, 15) is 14.4 Å². The van der Waals surface area contributed by atoms with E-state index in [4.69, 9.17) is 0 Å². The summed E-state index contributed by atoms with van der Waals surface area (Å²) in [5, 5.41) is 6.51. The maximum absolute atomic E-state index is 12.7. The van der Waals surface area contributed by atoms with Gasteiger partial charge in [0.1, 0.15) is 5.56 Å². The number of carbonyl (C=O) groups excluding carboxylic acids is 2. The molecule has 1 aromatic carbocycles. The molecule has 0 radical (unpaired) electrons. The van der Waals surface area contributed by atoms with Gasteiger partial charge in [-0.15, -0.1) is 0 Å². The molecule has 2 aromatic heterocycles. The van der Waals surface area contributed by atoms with Crippen molar-refractivity contribution in [1.82, 2.24) is 19.7 Å². The van der Waals surface area contributed by atoms with E-state index in [1.165, 1.54) is 23.9 Å². The second-order valence-electron chi connectivity index (χ2n) is 6.26. The molecule has 2 heterocycles. The number of benzene rings is 1. The summed E-state index contributed by atoms with van der Waals surface area (Å²) in [6, 6.07) is 10.8. The van der Waals surface area contributed by atoms with Crippen LogP contribution < -0.4 is 10.9 Å². The van der Waals surface area contributed by atoms with Crippen molar-refractivity contribution in [1.29, 1.82) is 0 Å². The minimum absolute atomic E-state index is 0.0505. The molecule has 138 valence electrons. The third-order valence-electron chi connectivity index (χ3n) is 4.20. The predicted octanol–water partition coefficient (Wildman–Crippen LogP) is 1.42. The van der Waals surface area contributed by atoms with Crippen LogP contribution in [0.4, 0.5) is 0 Å². The Morgan fingerprint density at radius 3 is 2.48 bits per heavy atom. The van der Waals surface area contributed by atoms with Crippen molar-refractivity contribution >= 4 is 11.7 Å². The van der Waals surface area contributed by atoms with Gasteiger partial charge < -0.3 is 9.88 Å². The molecule has 3 rings (SSSR count). The van der Waals surface area contributed by atoms with E-state index in [2.05, 4.69) is 10.4 Å². The van der Waals surface area contributed by atoms with E-state index >= 15 is 0 Å². The summed E-state index contributed by atoms with van der Waals surface area (Å²) in [6.07, 6.45) is 5.04. The van der Waals surface area contributed by atoms with Crippen molar-refractivity contribution < 1.29 is 9.59 Å². The summed E-state index contributed by atoms with van der Waals surface area (Å²) in [7, 11) is 3.23. The Kier molecular flexibility index (Phi) is 5.30. The molecule has 7 nitrogen and oxygen atoms in total. The van der Waals surface area contributed by atoms with Gasteiger partial charge in [0.25, 0.3) is 11.5 Å². The first kappa shape index (κ1) is 18.3. The van der Waals surface area contributed by atoms with Crippen LogP contribution in [0.3, 0.4) is 0 Å². The van der Waals surface area contributed by atoms with Crippen LogP contribution in [-0.2, 0) is 20.0 Å². The summed E-state index contributed by atoms with van der Waals surface area (Å²) in [6.45, 7) is 0.275. The van der Waals surface area contributed by atoms with Gasteiger partial charge in [0.2, 0.25) is 0 Å². The molecule has 0 saturated heterocycles. The van der Waals surface area contributed by atoms with Crippen LogP contribution in [-0.4, -0.2) is 33.1 Å². The standard InChI is InChI=1S/C20H20N4O3/c1-21-19(26)17-9-16(18(25)8-15-10-22-23(2)11-15)13-24(20(17)27)12-14-6-4-3-5-7-14/h3-7,9-11,13H,8,12H2,1-2H3,(H,21,26). The van der Waals surface area contributed by atoms with Crippen LogP contribution in [0.25, 0.3) is 0 Å². The van der Waals surface area contributed by atoms with Gasteiger partial charge in [-0.2, -0.15) is 5.10 Å². The third-order valence-corrected chi connectivity index (χ3v) is 4.20. The Bertz CT molecular complexity index is 1030. The zero-order valence-corrected chi connectivity index (χ0v) is 15.2. The van der Waals surface area contributed by atoms with Crippen molar-refractivity contribution in [2.75, 3.05) is 7.05 Å². The summed E-state index contributed by atoms with van der Waals surface area (Å²) in [4.78, 5) is 37.5. The van der Waals surface area contributed by atoms with Crippen molar-refractivity contribution in [2.45, 2.75) is 13.0 Å². The van der Waals surface area contributed by atoms with Crippen molar-refractivity contribution in [3.8, 4) is 0 Å².